The van der Waals surface area contributed by atoms with E-state index in [2.05, 4.69) is 25.5 Å². The van der Waals surface area contributed by atoms with Crippen LogP contribution in [0.2, 0.25) is 0 Å². The molecule has 4 aromatic heterocycles. The van der Waals surface area contributed by atoms with E-state index in [0.29, 0.717) is 47.3 Å². The van der Waals surface area contributed by atoms with E-state index in [0.717, 1.165) is 28.2 Å². The van der Waals surface area contributed by atoms with E-state index in [1.165, 1.54) is 10.6 Å². The molecular formula is C18H18FN7OS. The Kier molecular flexibility index (Phi) is 3.81. The van der Waals surface area contributed by atoms with Gasteiger partial charge in [-0.15, -0.1) is 0 Å². The van der Waals surface area contributed by atoms with Crippen LogP contribution in [0.25, 0.3) is 22.0 Å². The zero-order chi connectivity index (χ0) is 19.5. The van der Waals surface area contributed by atoms with Gasteiger partial charge in [0.05, 0.1) is 17.6 Å². The molecule has 0 aromatic carbocycles. The number of hydrogen-bond acceptors (Lipinski definition) is 7. The van der Waals surface area contributed by atoms with Crippen LogP contribution in [0.4, 0.5) is 4.39 Å². The predicted octanol–water partition coefficient (Wildman–Crippen LogP) is 2.03. The Bertz CT molecular complexity index is 1270. The standard InChI is InChI=1S/C18H18FN7OS/c1-10-7-13(23-25-9-11(2)21-15(10)25)12-8-14(27)26-17(22-12)28-16(24-26)18(19)3-5-20-6-4-18/h7-9,20H,3-6H2,1-2H3. The number of fused-ring (bicyclic) bond motifs is 2. The Morgan fingerprint density at radius 1 is 1.14 bits per heavy atom. The van der Waals surface area contributed by atoms with Gasteiger partial charge >= 0.3 is 0 Å². The summed E-state index contributed by atoms with van der Waals surface area (Å²) in [5.41, 5.74) is 1.70. The van der Waals surface area contributed by atoms with Crippen molar-refractivity contribution in [2.75, 3.05) is 13.1 Å². The summed E-state index contributed by atoms with van der Waals surface area (Å²) in [7, 11) is 0. The van der Waals surface area contributed by atoms with Gasteiger partial charge in [-0.3, -0.25) is 4.79 Å². The van der Waals surface area contributed by atoms with E-state index in [9.17, 15) is 4.79 Å². The van der Waals surface area contributed by atoms with Crippen molar-refractivity contribution in [3.05, 3.63) is 44.9 Å². The highest BCUT2D eigenvalue weighted by Crippen LogP contribution is 2.37. The summed E-state index contributed by atoms with van der Waals surface area (Å²) < 4.78 is 18.1. The van der Waals surface area contributed by atoms with E-state index >= 15 is 4.39 Å². The van der Waals surface area contributed by atoms with Gasteiger partial charge in [-0.05, 0) is 38.6 Å². The molecule has 0 saturated carbocycles. The van der Waals surface area contributed by atoms with Gasteiger partial charge in [0, 0.05) is 18.9 Å². The first-order valence-corrected chi connectivity index (χ1v) is 9.90. The molecule has 8 nitrogen and oxygen atoms in total. The number of alkyl halides is 1. The summed E-state index contributed by atoms with van der Waals surface area (Å²) in [6.07, 6.45) is 2.50. The highest BCUT2D eigenvalue weighted by atomic mass is 32.1. The summed E-state index contributed by atoms with van der Waals surface area (Å²) in [6.45, 7) is 5.02. The van der Waals surface area contributed by atoms with Crippen molar-refractivity contribution in [3.8, 4) is 11.4 Å². The van der Waals surface area contributed by atoms with Crippen LogP contribution in [0.1, 0.15) is 29.1 Å². The molecule has 1 aliphatic rings. The Balaban J connectivity index is 1.64. The first kappa shape index (κ1) is 17.4. The Hall–Kier alpha value is -2.72. The third-order valence-electron chi connectivity index (χ3n) is 5.02. The van der Waals surface area contributed by atoms with E-state index in [1.54, 1.807) is 4.52 Å². The van der Waals surface area contributed by atoms with Crippen molar-refractivity contribution in [2.45, 2.75) is 32.4 Å². The van der Waals surface area contributed by atoms with Gasteiger partial charge in [0.15, 0.2) is 16.3 Å². The molecule has 5 rings (SSSR count). The topological polar surface area (TPSA) is 89.5 Å². The molecule has 1 N–H and O–H groups in total. The molecule has 1 aliphatic heterocycles. The van der Waals surface area contributed by atoms with Crippen LogP contribution in [0.15, 0.2) is 23.1 Å². The molecular weight excluding hydrogens is 381 g/mol. The average Bonchev–Trinajstić information content (AvgIpc) is 3.26. The number of halogens is 1. The van der Waals surface area contributed by atoms with Crippen molar-refractivity contribution in [2.24, 2.45) is 0 Å². The number of imidazole rings is 1. The van der Waals surface area contributed by atoms with Crippen molar-refractivity contribution in [1.29, 1.82) is 0 Å². The summed E-state index contributed by atoms with van der Waals surface area (Å²) >= 11 is 1.13. The average molecular weight is 399 g/mol. The first-order valence-electron chi connectivity index (χ1n) is 9.08. The maximum Gasteiger partial charge on any atom is 0.275 e. The summed E-state index contributed by atoms with van der Waals surface area (Å²) in [5, 5.41) is 12.2. The largest absolute Gasteiger partial charge is 0.316 e. The van der Waals surface area contributed by atoms with Crippen molar-refractivity contribution >= 4 is 21.9 Å². The minimum Gasteiger partial charge on any atom is -0.316 e. The number of hydrogen-bond donors (Lipinski definition) is 1. The van der Waals surface area contributed by atoms with Crippen LogP contribution < -0.4 is 10.9 Å². The molecule has 144 valence electrons. The van der Waals surface area contributed by atoms with Crippen LogP contribution in [0.5, 0.6) is 0 Å². The SMILES string of the molecule is Cc1cn2nc(-c3cc(=O)n4nc(C5(F)CCNCC5)sc4n3)cc(C)c2n1. The summed E-state index contributed by atoms with van der Waals surface area (Å²) in [5.74, 6) is 0. The second-order valence-electron chi connectivity index (χ2n) is 7.16. The fourth-order valence-corrected chi connectivity index (χ4v) is 4.57. The Morgan fingerprint density at radius 2 is 1.93 bits per heavy atom. The fourth-order valence-electron chi connectivity index (χ4n) is 3.53. The number of piperidine rings is 1. The van der Waals surface area contributed by atoms with E-state index in [-0.39, 0.29) is 5.56 Å². The monoisotopic (exact) mass is 399 g/mol. The van der Waals surface area contributed by atoms with E-state index in [4.69, 9.17) is 0 Å². The molecule has 0 spiro atoms. The van der Waals surface area contributed by atoms with Gasteiger partial charge in [0.1, 0.15) is 5.69 Å². The second-order valence-corrected chi connectivity index (χ2v) is 8.12. The van der Waals surface area contributed by atoms with Crippen LogP contribution >= 0.6 is 11.3 Å². The molecule has 0 bridgehead atoms. The number of nitrogens with zero attached hydrogens (tertiary/aromatic N) is 6. The molecule has 1 fully saturated rings. The number of aromatic nitrogens is 6. The van der Waals surface area contributed by atoms with Gasteiger partial charge in [-0.25, -0.2) is 18.9 Å². The predicted molar refractivity (Wildman–Crippen MR) is 103 cm³/mol. The van der Waals surface area contributed by atoms with Gasteiger partial charge in [0.2, 0.25) is 4.96 Å². The minimum absolute atomic E-state index is 0.306. The lowest BCUT2D eigenvalue weighted by atomic mass is 9.95. The fraction of sp³-hybridized carbons (Fsp3) is 0.389. The highest BCUT2D eigenvalue weighted by Gasteiger charge is 2.37. The number of rotatable bonds is 2. The van der Waals surface area contributed by atoms with Crippen LogP contribution in [-0.2, 0) is 5.67 Å². The third kappa shape index (κ3) is 2.71. The summed E-state index contributed by atoms with van der Waals surface area (Å²) in [4.78, 5) is 22.0. The van der Waals surface area contributed by atoms with Crippen LogP contribution in [-0.4, -0.2) is 42.3 Å². The van der Waals surface area contributed by atoms with E-state index in [1.807, 2.05) is 26.1 Å². The zero-order valence-corrected chi connectivity index (χ0v) is 16.3. The molecule has 4 aromatic rings. The third-order valence-corrected chi connectivity index (χ3v) is 6.10. The highest BCUT2D eigenvalue weighted by molar-refractivity contribution is 7.16. The van der Waals surface area contributed by atoms with Crippen molar-refractivity contribution < 1.29 is 4.39 Å². The van der Waals surface area contributed by atoms with Gasteiger partial charge in [-0.1, -0.05) is 11.3 Å². The molecule has 0 atom stereocenters. The zero-order valence-electron chi connectivity index (χ0n) is 15.4. The van der Waals surface area contributed by atoms with Crippen molar-refractivity contribution in [1.82, 2.24) is 34.5 Å². The first-order chi connectivity index (χ1) is 13.4. The molecule has 0 amide bonds. The van der Waals surface area contributed by atoms with Gasteiger partial charge in [-0.2, -0.15) is 14.7 Å². The molecule has 28 heavy (non-hydrogen) atoms. The van der Waals surface area contributed by atoms with Gasteiger partial charge < -0.3 is 5.32 Å². The minimum atomic E-state index is -1.52. The second kappa shape index (κ2) is 6.14. The van der Waals surface area contributed by atoms with Crippen LogP contribution in [0.3, 0.4) is 0 Å². The maximum absolute atomic E-state index is 15.3. The maximum atomic E-state index is 15.3. The molecule has 0 aliphatic carbocycles. The van der Waals surface area contributed by atoms with Gasteiger partial charge in [0.25, 0.3) is 5.56 Å². The smallest absolute Gasteiger partial charge is 0.275 e. The normalized spacial score (nSPS) is 16.8. The molecule has 10 heteroatoms. The lowest BCUT2D eigenvalue weighted by molar-refractivity contribution is 0.113. The van der Waals surface area contributed by atoms with E-state index < -0.39 is 5.67 Å². The lowest BCUT2D eigenvalue weighted by Gasteiger charge is -2.27. The molecule has 5 heterocycles. The Morgan fingerprint density at radius 3 is 2.71 bits per heavy atom. The molecule has 1 saturated heterocycles. The quantitative estimate of drug-likeness (QED) is 0.555. The number of aryl methyl sites for hydroxylation is 2. The lowest BCUT2D eigenvalue weighted by Crippen LogP contribution is -2.36. The molecule has 0 unspecified atom stereocenters. The summed E-state index contributed by atoms with van der Waals surface area (Å²) in [6, 6.07) is 3.24. The molecule has 0 radical (unpaired) electrons. The van der Waals surface area contributed by atoms with Crippen molar-refractivity contribution in [3.63, 3.8) is 0 Å². The van der Waals surface area contributed by atoms with Crippen LogP contribution in [0, 0.1) is 13.8 Å². The Labute approximate surface area is 163 Å². The number of nitrogens with one attached hydrogen (secondary N) is 1.